The summed E-state index contributed by atoms with van der Waals surface area (Å²) in [7, 11) is 1.07. The maximum absolute atomic E-state index is 13.2. The maximum atomic E-state index is 13.2. The van der Waals surface area contributed by atoms with E-state index in [0.717, 1.165) is 0 Å². The summed E-state index contributed by atoms with van der Waals surface area (Å²) in [6.45, 7) is 0. The van der Waals surface area contributed by atoms with Crippen LogP contribution in [0.2, 0.25) is 0 Å². The molecule has 0 saturated heterocycles. The molecule has 0 aliphatic carbocycles. The lowest BCUT2D eigenvalue weighted by atomic mass is 10.2. The number of para-hydroxylation sites is 1. The van der Waals surface area contributed by atoms with Crippen LogP contribution in [-0.2, 0) is 10.0 Å². The Labute approximate surface area is 157 Å². The van der Waals surface area contributed by atoms with Gasteiger partial charge in [-0.25, -0.2) is 12.7 Å². The van der Waals surface area contributed by atoms with E-state index in [9.17, 15) is 13.2 Å². The van der Waals surface area contributed by atoms with E-state index in [-0.39, 0.29) is 10.7 Å². The molecular weight excluding hydrogens is 368 g/mol. The molecule has 0 bridgehead atoms. The number of sulfonamides is 1. The molecule has 0 aromatic heterocycles. The molecule has 0 spiro atoms. The zero-order valence-electron chi connectivity index (χ0n) is 15.0. The molecule has 9 heteroatoms. The first-order valence-corrected chi connectivity index (χ1v) is 9.67. The Morgan fingerprint density at radius 3 is 2.48 bits per heavy atom. The van der Waals surface area contributed by atoms with Crippen LogP contribution < -0.4 is 4.74 Å². The van der Waals surface area contributed by atoms with Crippen molar-refractivity contribution in [2.75, 3.05) is 21.2 Å². The molecular formula is C18H18N4O4S. The van der Waals surface area contributed by atoms with E-state index in [0.29, 0.717) is 16.9 Å². The summed E-state index contributed by atoms with van der Waals surface area (Å²) < 4.78 is 32.6. The van der Waals surface area contributed by atoms with Gasteiger partial charge in [0.25, 0.3) is 15.9 Å². The number of methoxy groups -OCH3 is 1. The quantitative estimate of drug-likeness (QED) is 0.796. The number of hydrogen-bond donors (Lipinski definition) is 0. The molecule has 8 nitrogen and oxygen atoms in total. The standard InChI is InChI=1S/C18H18N4O4S/c1-20(2)18-21(17(23)12-8-4-6-10-14(12)26-3)19-16-13-9-5-7-11-15(13)27(24,25)22(16)18/h4-11,18H,1-3H3/t18-/m1/s1. The Bertz CT molecular complexity index is 1060. The summed E-state index contributed by atoms with van der Waals surface area (Å²) in [5, 5.41) is 5.57. The average molecular weight is 386 g/mol. The van der Waals surface area contributed by atoms with Gasteiger partial charge in [-0.2, -0.15) is 5.01 Å². The van der Waals surface area contributed by atoms with Gasteiger partial charge in [0.1, 0.15) is 5.75 Å². The lowest BCUT2D eigenvalue weighted by Gasteiger charge is -2.32. The third-order valence-corrected chi connectivity index (χ3v) is 6.30. The van der Waals surface area contributed by atoms with E-state index < -0.39 is 22.2 Å². The minimum Gasteiger partial charge on any atom is -0.496 e. The fourth-order valence-corrected chi connectivity index (χ4v) is 5.11. The van der Waals surface area contributed by atoms with Crippen molar-refractivity contribution in [1.82, 2.24) is 14.2 Å². The van der Waals surface area contributed by atoms with Crippen molar-refractivity contribution in [3.05, 3.63) is 59.7 Å². The number of amides is 1. The summed E-state index contributed by atoms with van der Waals surface area (Å²) >= 11 is 0. The minimum atomic E-state index is -3.81. The highest BCUT2D eigenvalue weighted by Crippen LogP contribution is 2.38. The largest absolute Gasteiger partial charge is 0.496 e. The SMILES string of the molecule is COc1ccccc1C(=O)N1N=C2c3ccccc3S(=O)(=O)N2[C@@H]1N(C)C. The van der Waals surface area contributed by atoms with Gasteiger partial charge in [-0.15, -0.1) is 5.10 Å². The Balaban J connectivity index is 1.86. The van der Waals surface area contributed by atoms with Crippen molar-refractivity contribution in [2.45, 2.75) is 11.2 Å². The van der Waals surface area contributed by atoms with Gasteiger partial charge in [0.15, 0.2) is 12.1 Å². The summed E-state index contributed by atoms with van der Waals surface area (Å²) in [6, 6.07) is 13.4. The van der Waals surface area contributed by atoms with Crippen LogP contribution in [0.5, 0.6) is 5.75 Å². The smallest absolute Gasteiger partial charge is 0.280 e. The van der Waals surface area contributed by atoms with Gasteiger partial charge in [-0.3, -0.25) is 9.69 Å². The fraction of sp³-hybridized carbons (Fsp3) is 0.222. The molecule has 2 aliphatic rings. The van der Waals surface area contributed by atoms with Gasteiger partial charge in [0, 0.05) is 5.56 Å². The van der Waals surface area contributed by atoms with Crippen LogP contribution >= 0.6 is 0 Å². The van der Waals surface area contributed by atoms with E-state index in [2.05, 4.69) is 5.10 Å². The Kier molecular flexibility index (Phi) is 3.93. The first-order chi connectivity index (χ1) is 12.9. The first kappa shape index (κ1) is 17.5. The van der Waals surface area contributed by atoms with Crippen molar-refractivity contribution in [2.24, 2.45) is 5.10 Å². The molecule has 0 radical (unpaired) electrons. The van der Waals surface area contributed by atoms with Gasteiger partial charge in [0.05, 0.1) is 17.6 Å². The zero-order valence-corrected chi connectivity index (χ0v) is 15.8. The number of fused-ring (bicyclic) bond motifs is 3. The molecule has 4 rings (SSSR count). The Morgan fingerprint density at radius 1 is 1.11 bits per heavy atom. The monoisotopic (exact) mass is 386 g/mol. The molecule has 2 heterocycles. The molecule has 140 valence electrons. The van der Waals surface area contributed by atoms with Crippen LogP contribution in [0.25, 0.3) is 0 Å². The molecule has 2 aromatic rings. The van der Waals surface area contributed by atoms with Crippen molar-refractivity contribution < 1.29 is 17.9 Å². The highest BCUT2D eigenvalue weighted by molar-refractivity contribution is 7.90. The number of ether oxygens (including phenoxy) is 1. The molecule has 2 aromatic carbocycles. The van der Waals surface area contributed by atoms with Gasteiger partial charge < -0.3 is 4.74 Å². The van der Waals surface area contributed by atoms with Gasteiger partial charge in [-0.05, 0) is 38.4 Å². The number of rotatable bonds is 3. The third-order valence-electron chi connectivity index (χ3n) is 4.51. The highest BCUT2D eigenvalue weighted by atomic mass is 32.2. The van der Waals surface area contributed by atoms with Crippen LogP contribution in [-0.4, -0.2) is 61.9 Å². The normalized spacial score (nSPS) is 19.7. The van der Waals surface area contributed by atoms with Crippen LogP contribution in [0.4, 0.5) is 0 Å². The van der Waals surface area contributed by atoms with Crippen LogP contribution in [0, 0.1) is 0 Å². The van der Waals surface area contributed by atoms with Gasteiger partial charge in [-0.1, -0.05) is 24.3 Å². The van der Waals surface area contributed by atoms with Crippen molar-refractivity contribution in [1.29, 1.82) is 0 Å². The second-order valence-corrected chi connectivity index (χ2v) is 8.16. The maximum Gasteiger partial charge on any atom is 0.280 e. The summed E-state index contributed by atoms with van der Waals surface area (Å²) in [5.74, 6) is 0.198. The molecule has 0 fully saturated rings. The van der Waals surface area contributed by atoms with Crippen LogP contribution in [0.15, 0.2) is 58.5 Å². The number of nitrogens with zero attached hydrogens (tertiary/aromatic N) is 4. The van der Waals surface area contributed by atoms with E-state index in [1.54, 1.807) is 67.5 Å². The number of carbonyl (C=O) groups excluding carboxylic acids is 1. The second kappa shape index (κ2) is 6.07. The molecule has 0 saturated carbocycles. The fourth-order valence-electron chi connectivity index (χ4n) is 3.32. The molecule has 0 unspecified atom stereocenters. The van der Waals surface area contributed by atoms with Crippen molar-refractivity contribution in [3.63, 3.8) is 0 Å². The minimum absolute atomic E-state index is 0.194. The molecule has 27 heavy (non-hydrogen) atoms. The topological polar surface area (TPSA) is 82.5 Å². The van der Waals surface area contributed by atoms with Gasteiger partial charge >= 0.3 is 0 Å². The second-order valence-electron chi connectivity index (χ2n) is 6.38. The zero-order chi connectivity index (χ0) is 19.3. The third kappa shape index (κ3) is 2.42. The number of hydrogen-bond acceptors (Lipinski definition) is 6. The number of carbonyl (C=O) groups is 1. The summed E-state index contributed by atoms with van der Waals surface area (Å²) in [6.07, 6.45) is -0.908. The van der Waals surface area contributed by atoms with Gasteiger partial charge in [0.2, 0.25) is 0 Å². The Morgan fingerprint density at radius 2 is 1.78 bits per heavy atom. The molecule has 0 N–H and O–H groups in total. The highest BCUT2D eigenvalue weighted by Gasteiger charge is 2.52. The number of benzene rings is 2. The lowest BCUT2D eigenvalue weighted by Crippen LogP contribution is -2.53. The van der Waals surface area contributed by atoms with Crippen molar-refractivity contribution in [3.8, 4) is 5.75 Å². The van der Waals surface area contributed by atoms with E-state index in [1.807, 2.05) is 0 Å². The first-order valence-electron chi connectivity index (χ1n) is 8.23. The predicted octanol–water partition coefficient (Wildman–Crippen LogP) is 1.36. The van der Waals surface area contributed by atoms with E-state index >= 15 is 0 Å². The molecule has 2 aliphatic heterocycles. The average Bonchev–Trinajstić information content (AvgIpc) is 3.17. The van der Waals surface area contributed by atoms with Crippen LogP contribution in [0.1, 0.15) is 15.9 Å². The number of hydrazone groups is 1. The molecule has 1 atom stereocenters. The lowest BCUT2D eigenvalue weighted by molar-refractivity contribution is 0.0339. The van der Waals surface area contributed by atoms with E-state index in [1.165, 1.54) is 16.4 Å². The van der Waals surface area contributed by atoms with E-state index in [4.69, 9.17) is 4.74 Å². The number of amidine groups is 1. The summed E-state index contributed by atoms with van der Waals surface area (Å²) in [4.78, 5) is 15.0. The summed E-state index contributed by atoms with van der Waals surface area (Å²) in [5.41, 5.74) is 0.794. The predicted molar refractivity (Wildman–Crippen MR) is 98.6 cm³/mol. The van der Waals surface area contributed by atoms with Crippen LogP contribution in [0.3, 0.4) is 0 Å². The molecule has 1 amide bonds. The Hall–Kier alpha value is -2.91. The van der Waals surface area contributed by atoms with Crippen molar-refractivity contribution >= 4 is 21.8 Å².